The van der Waals surface area contributed by atoms with Crippen molar-refractivity contribution in [1.82, 2.24) is 19.4 Å². The molecule has 0 spiro atoms. The number of benzene rings is 1. The van der Waals surface area contributed by atoms with Crippen LogP contribution in [0.15, 0.2) is 36.7 Å². The molecule has 2 aromatic rings. The van der Waals surface area contributed by atoms with Gasteiger partial charge < -0.3 is 19.1 Å². The number of hydrogen-bond acceptors (Lipinski definition) is 4. The Morgan fingerprint density at radius 2 is 1.86 bits per heavy atom. The molecule has 1 atom stereocenters. The quantitative estimate of drug-likeness (QED) is 0.564. The van der Waals surface area contributed by atoms with Crippen molar-refractivity contribution in [2.45, 2.75) is 37.8 Å². The fourth-order valence-corrected chi connectivity index (χ4v) is 3.78. The molecule has 3 rings (SSSR count). The number of nitrogens with zero attached hydrogens (tertiary/aromatic N) is 4. The van der Waals surface area contributed by atoms with Gasteiger partial charge in [-0.2, -0.15) is 0 Å². The topological polar surface area (TPSA) is 33.5 Å². The van der Waals surface area contributed by atoms with Gasteiger partial charge in [0.05, 0.1) is 6.61 Å². The van der Waals surface area contributed by atoms with Crippen LogP contribution in [0.2, 0.25) is 0 Å². The van der Waals surface area contributed by atoms with Gasteiger partial charge in [0, 0.05) is 38.4 Å². The third kappa shape index (κ3) is 6.59. The molecule has 1 aromatic heterocycles. The summed E-state index contributed by atoms with van der Waals surface area (Å²) in [6.45, 7) is 6.08. The summed E-state index contributed by atoms with van der Waals surface area (Å²) in [5.41, 5.74) is 1.84. The van der Waals surface area contributed by atoms with Gasteiger partial charge in [0.25, 0.3) is 0 Å². The number of halogens is 1. The summed E-state index contributed by atoms with van der Waals surface area (Å²) >= 11 is 6.36. The highest BCUT2D eigenvalue weighted by Crippen LogP contribution is 2.22. The number of rotatable bonds is 10. The van der Waals surface area contributed by atoms with E-state index in [4.69, 9.17) is 16.3 Å². The van der Waals surface area contributed by atoms with E-state index in [9.17, 15) is 0 Å². The SMILES string of the molecule is CN(C)CCOC(Cl)c1ccc(Cc2nccn2CCN2CCCCC2)cc1. The van der Waals surface area contributed by atoms with Crippen molar-refractivity contribution >= 4 is 11.6 Å². The summed E-state index contributed by atoms with van der Waals surface area (Å²) in [7, 11) is 4.05. The lowest BCUT2D eigenvalue weighted by atomic mass is 10.1. The van der Waals surface area contributed by atoms with Crippen LogP contribution in [-0.2, 0) is 17.7 Å². The number of ether oxygens (including phenoxy) is 1. The van der Waals surface area contributed by atoms with Gasteiger partial charge in [-0.15, -0.1) is 0 Å². The normalized spacial score (nSPS) is 16.6. The molecule has 0 saturated carbocycles. The van der Waals surface area contributed by atoms with Crippen LogP contribution in [0.1, 0.15) is 41.8 Å². The standard InChI is InChI=1S/C22H33ClN4O/c1-25(2)16-17-28-22(23)20-8-6-19(7-9-20)18-21-24-10-13-27(21)15-14-26-11-4-3-5-12-26/h6-10,13,22H,3-5,11-12,14-18H2,1-2H3. The van der Waals surface area contributed by atoms with E-state index >= 15 is 0 Å². The summed E-state index contributed by atoms with van der Waals surface area (Å²) in [5.74, 6) is 1.12. The fourth-order valence-electron chi connectivity index (χ4n) is 3.55. The Kier molecular flexibility index (Phi) is 8.34. The van der Waals surface area contributed by atoms with Crippen molar-refractivity contribution in [2.24, 2.45) is 0 Å². The molecular weight excluding hydrogens is 372 g/mol. The number of likely N-dealkylation sites (tertiary alicyclic amines) is 1. The van der Waals surface area contributed by atoms with Gasteiger partial charge in [0.15, 0.2) is 5.56 Å². The van der Waals surface area contributed by atoms with Crippen LogP contribution in [0, 0.1) is 0 Å². The van der Waals surface area contributed by atoms with Crippen molar-refractivity contribution < 1.29 is 4.74 Å². The number of likely N-dealkylation sites (N-methyl/N-ethyl adjacent to an activating group) is 1. The second kappa shape index (κ2) is 11.0. The summed E-state index contributed by atoms with van der Waals surface area (Å²) in [6.07, 6.45) is 8.90. The minimum Gasteiger partial charge on any atom is -0.357 e. The molecule has 0 aliphatic carbocycles. The second-order valence-corrected chi connectivity index (χ2v) is 8.24. The largest absolute Gasteiger partial charge is 0.357 e. The number of alkyl halides is 1. The predicted molar refractivity (Wildman–Crippen MR) is 115 cm³/mol. The monoisotopic (exact) mass is 404 g/mol. The van der Waals surface area contributed by atoms with E-state index in [2.05, 4.69) is 49.8 Å². The molecule has 1 saturated heterocycles. The zero-order chi connectivity index (χ0) is 19.8. The summed E-state index contributed by atoms with van der Waals surface area (Å²) < 4.78 is 7.98. The summed E-state index contributed by atoms with van der Waals surface area (Å²) in [4.78, 5) is 9.23. The Hall–Kier alpha value is -1.40. The summed E-state index contributed by atoms with van der Waals surface area (Å²) in [6, 6.07) is 8.38. The molecule has 0 bridgehead atoms. The molecule has 5 nitrogen and oxygen atoms in total. The highest BCUT2D eigenvalue weighted by atomic mass is 35.5. The molecule has 1 unspecified atom stereocenters. The lowest BCUT2D eigenvalue weighted by Gasteiger charge is -2.26. The van der Waals surface area contributed by atoms with E-state index < -0.39 is 5.56 Å². The second-order valence-electron chi connectivity index (χ2n) is 7.85. The van der Waals surface area contributed by atoms with Crippen molar-refractivity contribution in [2.75, 3.05) is 46.9 Å². The predicted octanol–water partition coefficient (Wildman–Crippen LogP) is 3.78. The minimum atomic E-state index is -0.402. The van der Waals surface area contributed by atoms with Gasteiger partial charge in [-0.3, -0.25) is 0 Å². The lowest BCUT2D eigenvalue weighted by Crippen LogP contribution is -2.32. The van der Waals surface area contributed by atoms with Gasteiger partial charge in [0.2, 0.25) is 0 Å². The molecular formula is C22H33ClN4O. The number of aromatic nitrogens is 2. The Balaban J connectivity index is 1.50. The fraction of sp³-hybridized carbons (Fsp3) is 0.591. The molecule has 2 heterocycles. The van der Waals surface area contributed by atoms with Crippen LogP contribution in [-0.4, -0.2) is 66.2 Å². The van der Waals surface area contributed by atoms with Crippen molar-refractivity contribution in [3.63, 3.8) is 0 Å². The van der Waals surface area contributed by atoms with Crippen LogP contribution < -0.4 is 0 Å². The zero-order valence-corrected chi connectivity index (χ0v) is 17.9. The maximum Gasteiger partial charge on any atom is 0.156 e. The first-order chi connectivity index (χ1) is 13.6. The molecule has 0 amide bonds. The van der Waals surface area contributed by atoms with Crippen LogP contribution in [0.4, 0.5) is 0 Å². The molecule has 1 aliphatic rings. The van der Waals surface area contributed by atoms with E-state index in [1.807, 2.05) is 20.3 Å². The first kappa shape index (κ1) is 21.3. The average Bonchev–Trinajstić information content (AvgIpc) is 3.14. The van der Waals surface area contributed by atoms with Gasteiger partial charge in [-0.25, -0.2) is 4.98 Å². The number of hydrogen-bond donors (Lipinski definition) is 0. The molecule has 0 N–H and O–H groups in total. The highest BCUT2D eigenvalue weighted by Gasteiger charge is 2.12. The average molecular weight is 405 g/mol. The Morgan fingerprint density at radius 3 is 2.57 bits per heavy atom. The van der Waals surface area contributed by atoms with Crippen molar-refractivity contribution in [3.05, 3.63) is 53.6 Å². The van der Waals surface area contributed by atoms with Crippen LogP contribution in [0.25, 0.3) is 0 Å². The summed E-state index contributed by atoms with van der Waals surface area (Å²) in [5, 5.41) is 0. The molecule has 0 radical (unpaired) electrons. The Labute approximate surface area is 174 Å². The first-order valence-corrected chi connectivity index (χ1v) is 10.8. The van der Waals surface area contributed by atoms with E-state index in [1.54, 1.807) is 0 Å². The molecule has 154 valence electrons. The molecule has 1 aromatic carbocycles. The molecule has 28 heavy (non-hydrogen) atoms. The first-order valence-electron chi connectivity index (χ1n) is 10.3. The number of imidazole rings is 1. The van der Waals surface area contributed by atoms with E-state index in [0.29, 0.717) is 6.61 Å². The van der Waals surface area contributed by atoms with Gasteiger partial charge in [-0.1, -0.05) is 42.3 Å². The van der Waals surface area contributed by atoms with Gasteiger partial charge >= 0.3 is 0 Å². The zero-order valence-electron chi connectivity index (χ0n) is 17.2. The molecule has 1 fully saturated rings. The smallest absolute Gasteiger partial charge is 0.156 e. The third-order valence-corrected chi connectivity index (χ3v) is 5.69. The van der Waals surface area contributed by atoms with E-state index in [1.165, 1.54) is 37.9 Å². The van der Waals surface area contributed by atoms with Gasteiger partial charge in [0.1, 0.15) is 5.82 Å². The maximum absolute atomic E-state index is 6.36. The van der Waals surface area contributed by atoms with Crippen LogP contribution in [0.5, 0.6) is 0 Å². The van der Waals surface area contributed by atoms with Crippen molar-refractivity contribution in [1.29, 1.82) is 0 Å². The van der Waals surface area contributed by atoms with Crippen LogP contribution in [0.3, 0.4) is 0 Å². The van der Waals surface area contributed by atoms with Crippen molar-refractivity contribution in [3.8, 4) is 0 Å². The third-order valence-electron chi connectivity index (χ3n) is 5.31. The number of piperidine rings is 1. The van der Waals surface area contributed by atoms with Gasteiger partial charge in [-0.05, 0) is 51.2 Å². The van der Waals surface area contributed by atoms with Crippen LogP contribution >= 0.6 is 11.6 Å². The highest BCUT2D eigenvalue weighted by molar-refractivity contribution is 6.19. The Bertz CT molecular complexity index is 695. The molecule has 6 heteroatoms. The van der Waals surface area contributed by atoms with E-state index in [-0.39, 0.29) is 0 Å². The maximum atomic E-state index is 6.36. The minimum absolute atomic E-state index is 0.402. The Morgan fingerprint density at radius 1 is 1.11 bits per heavy atom. The molecule has 1 aliphatic heterocycles. The van der Waals surface area contributed by atoms with E-state index in [0.717, 1.165) is 37.4 Å². The lowest BCUT2D eigenvalue weighted by molar-refractivity contribution is 0.0939.